The average Bonchev–Trinajstić information content (AvgIpc) is 2.37. The van der Waals surface area contributed by atoms with E-state index >= 15 is 0 Å². The summed E-state index contributed by atoms with van der Waals surface area (Å²) in [5, 5.41) is 8.64. The average molecular weight is 286 g/mol. The number of nitrogens with zero attached hydrogens (tertiary/aromatic N) is 2. The fraction of sp³-hybridized carbons (Fsp3) is 0.500. The van der Waals surface area contributed by atoms with Gasteiger partial charge in [-0.05, 0) is 38.1 Å². The van der Waals surface area contributed by atoms with Crippen LogP contribution < -0.4 is 4.74 Å². The number of nitriles is 1. The number of benzene rings is 1. The molecule has 0 N–H and O–H groups in total. The van der Waals surface area contributed by atoms with Gasteiger partial charge in [0, 0.05) is 12.6 Å². The van der Waals surface area contributed by atoms with Crippen LogP contribution in [0.2, 0.25) is 0 Å². The maximum Gasteiger partial charge on any atom is 0.401 e. The second-order valence-corrected chi connectivity index (χ2v) is 4.66. The number of ether oxygens (including phenoxy) is 1. The number of halogens is 3. The molecule has 6 heteroatoms. The van der Waals surface area contributed by atoms with E-state index in [0.29, 0.717) is 11.3 Å². The molecule has 0 aliphatic rings. The largest absolute Gasteiger partial charge is 0.492 e. The van der Waals surface area contributed by atoms with Crippen molar-refractivity contribution < 1.29 is 17.9 Å². The van der Waals surface area contributed by atoms with E-state index in [0.717, 1.165) is 0 Å². The summed E-state index contributed by atoms with van der Waals surface area (Å²) in [4.78, 5) is 1.31. The predicted molar refractivity (Wildman–Crippen MR) is 69.4 cm³/mol. The van der Waals surface area contributed by atoms with Crippen molar-refractivity contribution in [3.8, 4) is 11.8 Å². The summed E-state index contributed by atoms with van der Waals surface area (Å²) < 4.78 is 42.5. The van der Waals surface area contributed by atoms with Gasteiger partial charge in [-0.1, -0.05) is 0 Å². The first kappa shape index (κ1) is 16.3. The first-order chi connectivity index (χ1) is 9.31. The normalized spacial score (nSPS) is 11.7. The van der Waals surface area contributed by atoms with Gasteiger partial charge in [-0.3, -0.25) is 4.90 Å². The molecule has 0 aromatic heterocycles. The zero-order valence-electron chi connectivity index (χ0n) is 11.4. The number of rotatable bonds is 6. The van der Waals surface area contributed by atoms with E-state index < -0.39 is 12.7 Å². The molecule has 0 spiro atoms. The van der Waals surface area contributed by atoms with E-state index in [4.69, 9.17) is 10.00 Å². The van der Waals surface area contributed by atoms with Crippen LogP contribution in [0, 0.1) is 11.3 Å². The minimum Gasteiger partial charge on any atom is -0.492 e. The molecule has 0 amide bonds. The zero-order chi connectivity index (χ0) is 15.2. The Morgan fingerprint density at radius 1 is 1.25 bits per heavy atom. The summed E-state index contributed by atoms with van der Waals surface area (Å²) in [6, 6.07) is 8.23. The summed E-state index contributed by atoms with van der Waals surface area (Å²) in [7, 11) is 0. The smallest absolute Gasteiger partial charge is 0.401 e. The summed E-state index contributed by atoms with van der Waals surface area (Å²) >= 11 is 0. The van der Waals surface area contributed by atoms with Crippen LogP contribution in [0.5, 0.6) is 5.75 Å². The van der Waals surface area contributed by atoms with E-state index in [1.54, 1.807) is 38.1 Å². The van der Waals surface area contributed by atoms with Crippen LogP contribution >= 0.6 is 0 Å². The molecule has 0 aliphatic heterocycles. The fourth-order valence-electron chi connectivity index (χ4n) is 1.66. The van der Waals surface area contributed by atoms with Crippen LogP contribution in [0.25, 0.3) is 0 Å². The van der Waals surface area contributed by atoms with Crippen LogP contribution in [-0.4, -0.2) is 36.8 Å². The second-order valence-electron chi connectivity index (χ2n) is 4.66. The molecule has 0 atom stereocenters. The molecule has 0 saturated heterocycles. The van der Waals surface area contributed by atoms with Crippen LogP contribution in [0.3, 0.4) is 0 Å². The van der Waals surface area contributed by atoms with Crippen molar-refractivity contribution >= 4 is 0 Å². The van der Waals surface area contributed by atoms with Gasteiger partial charge in [-0.15, -0.1) is 0 Å². The third-order valence-electron chi connectivity index (χ3n) is 2.74. The summed E-state index contributed by atoms with van der Waals surface area (Å²) in [5.41, 5.74) is 0.512. The lowest BCUT2D eigenvalue weighted by molar-refractivity contribution is -0.150. The van der Waals surface area contributed by atoms with Gasteiger partial charge in [0.2, 0.25) is 0 Å². The van der Waals surface area contributed by atoms with Gasteiger partial charge in [0.05, 0.1) is 18.2 Å². The lowest BCUT2D eigenvalue weighted by Gasteiger charge is -2.27. The molecule has 1 aromatic rings. The molecule has 3 nitrogen and oxygen atoms in total. The third kappa shape index (κ3) is 5.93. The minimum absolute atomic E-state index is 0.167. The zero-order valence-corrected chi connectivity index (χ0v) is 11.4. The molecule has 0 aliphatic carbocycles. The maximum atomic E-state index is 12.4. The molecule has 110 valence electrons. The van der Waals surface area contributed by atoms with Crippen molar-refractivity contribution in [2.75, 3.05) is 19.7 Å². The predicted octanol–water partition coefficient (Wildman–Crippen LogP) is 3.21. The monoisotopic (exact) mass is 286 g/mol. The third-order valence-corrected chi connectivity index (χ3v) is 2.74. The van der Waals surface area contributed by atoms with Gasteiger partial charge in [-0.25, -0.2) is 0 Å². The second kappa shape index (κ2) is 7.15. The van der Waals surface area contributed by atoms with Crippen LogP contribution in [0.15, 0.2) is 24.3 Å². The Morgan fingerprint density at radius 3 is 2.30 bits per heavy atom. The summed E-state index contributed by atoms with van der Waals surface area (Å²) in [6.07, 6.45) is -4.21. The van der Waals surface area contributed by atoms with Crippen molar-refractivity contribution in [1.29, 1.82) is 5.26 Å². The van der Waals surface area contributed by atoms with Crippen molar-refractivity contribution in [2.24, 2.45) is 0 Å². The topological polar surface area (TPSA) is 36.3 Å². The van der Waals surface area contributed by atoms with Gasteiger partial charge in [0.1, 0.15) is 12.4 Å². The molecule has 0 unspecified atom stereocenters. The molecule has 1 aromatic carbocycles. The SMILES string of the molecule is CC(C)N(CCOc1ccc(C#N)cc1)CC(F)(F)F. The molecule has 1 rings (SSSR count). The summed E-state index contributed by atoms with van der Waals surface area (Å²) in [5.74, 6) is 0.541. The molecule has 20 heavy (non-hydrogen) atoms. The van der Waals surface area contributed by atoms with Crippen LogP contribution in [-0.2, 0) is 0 Å². The lowest BCUT2D eigenvalue weighted by Crippen LogP contribution is -2.41. The molecule has 0 fully saturated rings. The van der Waals surface area contributed by atoms with E-state index in [2.05, 4.69) is 0 Å². The van der Waals surface area contributed by atoms with Crippen molar-refractivity contribution in [3.63, 3.8) is 0 Å². The highest BCUT2D eigenvalue weighted by Crippen LogP contribution is 2.18. The molecular weight excluding hydrogens is 269 g/mol. The highest BCUT2D eigenvalue weighted by molar-refractivity contribution is 5.34. The molecular formula is C14H17F3N2O. The van der Waals surface area contributed by atoms with Gasteiger partial charge < -0.3 is 4.74 Å². The highest BCUT2D eigenvalue weighted by Gasteiger charge is 2.31. The molecule has 0 radical (unpaired) electrons. The minimum atomic E-state index is -4.21. The standard InChI is InChI=1S/C14H17F3N2O/c1-11(2)19(10-14(15,16)17)7-8-20-13-5-3-12(9-18)4-6-13/h3-6,11H,7-8,10H2,1-2H3. The fourth-order valence-corrected chi connectivity index (χ4v) is 1.66. The van der Waals surface area contributed by atoms with E-state index in [-0.39, 0.29) is 19.2 Å². The Morgan fingerprint density at radius 2 is 1.85 bits per heavy atom. The molecule has 0 saturated carbocycles. The Kier molecular flexibility index (Phi) is 5.83. The Labute approximate surface area is 116 Å². The Balaban J connectivity index is 2.46. The number of alkyl halides is 3. The molecule has 0 bridgehead atoms. The van der Waals surface area contributed by atoms with E-state index in [1.807, 2.05) is 6.07 Å². The lowest BCUT2D eigenvalue weighted by atomic mass is 10.2. The van der Waals surface area contributed by atoms with Gasteiger partial charge in [0.15, 0.2) is 0 Å². The van der Waals surface area contributed by atoms with Crippen molar-refractivity contribution in [3.05, 3.63) is 29.8 Å². The van der Waals surface area contributed by atoms with Gasteiger partial charge >= 0.3 is 6.18 Å². The number of hydrogen-bond acceptors (Lipinski definition) is 3. The Bertz CT molecular complexity index is 449. The maximum absolute atomic E-state index is 12.4. The van der Waals surface area contributed by atoms with Gasteiger partial charge in [0.25, 0.3) is 0 Å². The first-order valence-electron chi connectivity index (χ1n) is 6.25. The highest BCUT2D eigenvalue weighted by atomic mass is 19.4. The molecule has 0 heterocycles. The van der Waals surface area contributed by atoms with Crippen LogP contribution in [0.1, 0.15) is 19.4 Å². The van der Waals surface area contributed by atoms with Crippen molar-refractivity contribution in [1.82, 2.24) is 4.90 Å². The van der Waals surface area contributed by atoms with Crippen LogP contribution in [0.4, 0.5) is 13.2 Å². The van der Waals surface area contributed by atoms with Gasteiger partial charge in [-0.2, -0.15) is 18.4 Å². The van der Waals surface area contributed by atoms with E-state index in [1.165, 1.54) is 4.90 Å². The number of hydrogen-bond donors (Lipinski definition) is 0. The Hall–Kier alpha value is -1.74. The summed E-state index contributed by atoms with van der Waals surface area (Å²) in [6.45, 7) is 2.85. The van der Waals surface area contributed by atoms with Crippen molar-refractivity contribution in [2.45, 2.75) is 26.1 Å². The van der Waals surface area contributed by atoms with E-state index in [9.17, 15) is 13.2 Å². The first-order valence-corrected chi connectivity index (χ1v) is 6.25. The quantitative estimate of drug-likeness (QED) is 0.805.